The molecule has 18 heavy (non-hydrogen) atoms. The van der Waals surface area contributed by atoms with E-state index in [0.717, 1.165) is 0 Å². The highest BCUT2D eigenvalue weighted by atomic mass is 14.0. The summed E-state index contributed by atoms with van der Waals surface area (Å²) in [5.74, 6) is 0. The molecule has 0 nitrogen and oxygen atoms in total. The summed E-state index contributed by atoms with van der Waals surface area (Å²) in [6, 6.07) is 0. The van der Waals surface area contributed by atoms with Gasteiger partial charge in [-0.2, -0.15) is 0 Å². The third kappa shape index (κ3) is 9.50. The molecule has 0 amide bonds. The summed E-state index contributed by atoms with van der Waals surface area (Å²) < 4.78 is 0. The first kappa shape index (κ1) is 17.5. The second kappa shape index (κ2) is 12.9. The van der Waals surface area contributed by atoms with Gasteiger partial charge in [-0.1, -0.05) is 63.8 Å². The van der Waals surface area contributed by atoms with Crippen LogP contribution in [0.1, 0.15) is 91.9 Å². The van der Waals surface area contributed by atoms with Gasteiger partial charge in [0.15, 0.2) is 0 Å². The first-order chi connectivity index (χ1) is 8.78. The van der Waals surface area contributed by atoms with Crippen molar-refractivity contribution in [2.45, 2.75) is 91.9 Å². The molecule has 0 aliphatic rings. The van der Waals surface area contributed by atoms with E-state index in [-0.39, 0.29) is 0 Å². The van der Waals surface area contributed by atoms with Crippen molar-refractivity contribution in [1.29, 1.82) is 0 Å². The monoisotopic (exact) mass is 250 g/mol. The van der Waals surface area contributed by atoms with Crippen LogP contribution in [0.2, 0.25) is 0 Å². The molecular weight excluding hydrogens is 216 g/mol. The number of rotatable bonds is 11. The average Bonchev–Trinajstić information content (AvgIpc) is 2.41. The predicted octanol–water partition coefficient (Wildman–Crippen LogP) is 6.82. The lowest BCUT2D eigenvalue weighted by Crippen LogP contribution is -1.82. The molecule has 0 saturated heterocycles. The van der Waals surface area contributed by atoms with Crippen LogP contribution in [0.4, 0.5) is 0 Å². The quantitative estimate of drug-likeness (QED) is 0.279. The van der Waals surface area contributed by atoms with Crippen LogP contribution < -0.4 is 0 Å². The van der Waals surface area contributed by atoms with E-state index < -0.39 is 0 Å². The lowest BCUT2D eigenvalue weighted by Gasteiger charge is -2.02. The van der Waals surface area contributed by atoms with Crippen LogP contribution in [-0.2, 0) is 0 Å². The highest BCUT2D eigenvalue weighted by molar-refractivity contribution is 5.00. The molecule has 0 heteroatoms. The maximum atomic E-state index is 2.46. The summed E-state index contributed by atoms with van der Waals surface area (Å²) in [7, 11) is 0. The van der Waals surface area contributed by atoms with Crippen LogP contribution >= 0.6 is 0 Å². The second-order valence-corrected chi connectivity index (χ2v) is 5.13. The minimum absolute atomic E-state index is 1.23. The molecule has 0 unspecified atom stereocenters. The minimum Gasteiger partial charge on any atom is -0.0854 e. The number of allylic oxidation sites excluding steroid dienone is 4. The van der Waals surface area contributed by atoms with E-state index in [4.69, 9.17) is 0 Å². The van der Waals surface area contributed by atoms with Crippen LogP contribution in [-0.4, -0.2) is 0 Å². The first-order valence-corrected chi connectivity index (χ1v) is 8.14. The molecule has 0 N–H and O–H groups in total. The smallest absolute Gasteiger partial charge is 0.0348 e. The van der Waals surface area contributed by atoms with Gasteiger partial charge in [-0.3, -0.25) is 0 Å². The van der Waals surface area contributed by atoms with Gasteiger partial charge >= 0.3 is 0 Å². The van der Waals surface area contributed by atoms with Gasteiger partial charge in [-0.05, 0) is 51.4 Å². The molecule has 0 heterocycles. The van der Waals surface area contributed by atoms with Gasteiger partial charge in [0.05, 0.1) is 0 Å². The fraction of sp³-hybridized carbons (Fsp3) is 0.778. The third-order valence-electron chi connectivity index (χ3n) is 3.84. The Labute approximate surface area is 116 Å². The van der Waals surface area contributed by atoms with Crippen molar-refractivity contribution in [2.75, 3.05) is 0 Å². The maximum absolute atomic E-state index is 2.46. The normalized spacial score (nSPS) is 10.2. The van der Waals surface area contributed by atoms with Crippen molar-refractivity contribution >= 4 is 0 Å². The Bertz CT molecular complexity index is 194. The van der Waals surface area contributed by atoms with Gasteiger partial charge in [-0.25, -0.2) is 0 Å². The lowest BCUT2D eigenvalue weighted by molar-refractivity contribution is 0.648. The van der Waals surface area contributed by atoms with Crippen molar-refractivity contribution in [3.05, 3.63) is 23.3 Å². The van der Waals surface area contributed by atoms with E-state index in [2.05, 4.69) is 39.8 Å². The lowest BCUT2D eigenvalue weighted by atomic mass is 10.0. The van der Waals surface area contributed by atoms with Gasteiger partial charge in [0.1, 0.15) is 0 Å². The SMILES string of the molecule is CCC(=CCCCCCCC=C(CC)CC)CC. The van der Waals surface area contributed by atoms with Gasteiger partial charge in [-0.15, -0.1) is 0 Å². The van der Waals surface area contributed by atoms with E-state index in [9.17, 15) is 0 Å². The Morgan fingerprint density at radius 3 is 1.17 bits per heavy atom. The van der Waals surface area contributed by atoms with Crippen molar-refractivity contribution in [2.24, 2.45) is 0 Å². The summed E-state index contributed by atoms with van der Waals surface area (Å²) in [4.78, 5) is 0. The molecule has 0 aromatic heterocycles. The molecule has 0 radical (unpaired) electrons. The fourth-order valence-electron chi connectivity index (χ4n) is 2.33. The van der Waals surface area contributed by atoms with Crippen LogP contribution in [0.15, 0.2) is 23.3 Å². The summed E-state index contributed by atoms with van der Waals surface area (Å²) in [5, 5.41) is 0. The van der Waals surface area contributed by atoms with Crippen molar-refractivity contribution < 1.29 is 0 Å². The predicted molar refractivity (Wildman–Crippen MR) is 85.0 cm³/mol. The van der Waals surface area contributed by atoms with E-state index in [1.165, 1.54) is 64.2 Å². The summed E-state index contributed by atoms with van der Waals surface area (Å²) in [6.07, 6.45) is 18.0. The molecule has 0 fully saturated rings. The third-order valence-corrected chi connectivity index (χ3v) is 3.84. The average molecular weight is 250 g/mol. The molecule has 0 aromatic carbocycles. The highest BCUT2D eigenvalue weighted by Gasteiger charge is 1.92. The zero-order chi connectivity index (χ0) is 13.6. The van der Waals surface area contributed by atoms with E-state index in [1.54, 1.807) is 11.1 Å². The second-order valence-electron chi connectivity index (χ2n) is 5.13. The molecule has 106 valence electrons. The molecule has 0 aromatic rings. The molecule has 0 spiro atoms. The topological polar surface area (TPSA) is 0 Å². The zero-order valence-corrected chi connectivity index (χ0v) is 13.2. The fourth-order valence-corrected chi connectivity index (χ4v) is 2.33. The maximum Gasteiger partial charge on any atom is -0.0348 e. The van der Waals surface area contributed by atoms with Gasteiger partial charge in [0, 0.05) is 0 Å². The molecule has 0 saturated carbocycles. The standard InChI is InChI=1S/C18H34/c1-5-17(6-2)15-13-11-9-10-12-14-16-18(7-3)8-4/h15-16H,5-14H2,1-4H3. The molecule has 0 atom stereocenters. The largest absolute Gasteiger partial charge is 0.0854 e. The van der Waals surface area contributed by atoms with Gasteiger partial charge in [0.25, 0.3) is 0 Å². The number of hydrogen-bond donors (Lipinski definition) is 0. The van der Waals surface area contributed by atoms with E-state index >= 15 is 0 Å². The first-order valence-electron chi connectivity index (χ1n) is 8.14. The van der Waals surface area contributed by atoms with Crippen LogP contribution in [0.25, 0.3) is 0 Å². The van der Waals surface area contributed by atoms with Gasteiger partial charge in [0.2, 0.25) is 0 Å². The van der Waals surface area contributed by atoms with Crippen molar-refractivity contribution in [1.82, 2.24) is 0 Å². The zero-order valence-electron chi connectivity index (χ0n) is 13.2. The molecule has 0 bridgehead atoms. The molecule has 0 aliphatic carbocycles. The Hall–Kier alpha value is -0.520. The van der Waals surface area contributed by atoms with Crippen LogP contribution in [0, 0.1) is 0 Å². The Morgan fingerprint density at radius 1 is 0.556 bits per heavy atom. The molecule has 0 rings (SSSR count). The van der Waals surface area contributed by atoms with E-state index in [0.29, 0.717) is 0 Å². The molecule has 0 aliphatic heterocycles. The van der Waals surface area contributed by atoms with Crippen molar-refractivity contribution in [3.8, 4) is 0 Å². The highest BCUT2D eigenvalue weighted by Crippen LogP contribution is 2.13. The number of unbranched alkanes of at least 4 members (excludes halogenated alkanes) is 5. The number of hydrogen-bond acceptors (Lipinski definition) is 0. The van der Waals surface area contributed by atoms with Gasteiger partial charge < -0.3 is 0 Å². The minimum atomic E-state index is 1.23. The van der Waals surface area contributed by atoms with Crippen LogP contribution in [0.5, 0.6) is 0 Å². The van der Waals surface area contributed by atoms with Crippen molar-refractivity contribution in [3.63, 3.8) is 0 Å². The molecular formula is C18H34. The Morgan fingerprint density at radius 2 is 0.889 bits per heavy atom. The summed E-state index contributed by atoms with van der Waals surface area (Å²) in [5.41, 5.74) is 3.27. The Balaban J connectivity index is 3.46. The van der Waals surface area contributed by atoms with E-state index in [1.807, 2.05) is 0 Å². The Kier molecular flexibility index (Phi) is 12.6. The summed E-state index contributed by atoms with van der Waals surface area (Å²) in [6.45, 7) is 9.06. The summed E-state index contributed by atoms with van der Waals surface area (Å²) >= 11 is 0. The van der Waals surface area contributed by atoms with Crippen LogP contribution in [0.3, 0.4) is 0 Å².